The monoisotopic (exact) mass is 372 g/mol. The summed E-state index contributed by atoms with van der Waals surface area (Å²) in [5, 5.41) is 2.64. The minimum absolute atomic E-state index is 0.119. The van der Waals surface area contributed by atoms with E-state index >= 15 is 0 Å². The number of thiophene rings is 1. The molecule has 1 fully saturated rings. The Balaban J connectivity index is 1.45. The van der Waals surface area contributed by atoms with Gasteiger partial charge in [-0.15, -0.1) is 11.3 Å². The van der Waals surface area contributed by atoms with E-state index in [1.54, 1.807) is 6.26 Å². The van der Waals surface area contributed by atoms with Gasteiger partial charge in [-0.1, -0.05) is 17.7 Å². The van der Waals surface area contributed by atoms with E-state index in [1.165, 1.54) is 11.3 Å². The second-order valence-corrected chi connectivity index (χ2v) is 7.25. The summed E-state index contributed by atoms with van der Waals surface area (Å²) in [6.07, 6.45) is 1.65. The Kier molecular flexibility index (Phi) is 4.51. The average molecular weight is 373 g/mol. The predicted molar refractivity (Wildman–Crippen MR) is 102 cm³/mol. The highest BCUT2D eigenvalue weighted by atomic mass is 35.5. The topological polar surface area (TPSA) is 36.7 Å². The summed E-state index contributed by atoms with van der Waals surface area (Å²) in [7, 11) is 0. The first-order chi connectivity index (χ1) is 12.2. The maximum absolute atomic E-state index is 12.4. The van der Waals surface area contributed by atoms with Gasteiger partial charge in [0.2, 0.25) is 0 Å². The van der Waals surface area contributed by atoms with E-state index in [4.69, 9.17) is 16.0 Å². The molecule has 1 aliphatic rings. The number of carbonyl (C=O) groups is 1. The van der Waals surface area contributed by atoms with Crippen LogP contribution in [0.25, 0.3) is 11.3 Å². The van der Waals surface area contributed by atoms with Crippen molar-refractivity contribution in [2.75, 3.05) is 31.1 Å². The van der Waals surface area contributed by atoms with Gasteiger partial charge in [-0.2, -0.15) is 0 Å². The molecule has 2 aromatic heterocycles. The Morgan fingerprint density at radius 1 is 1.08 bits per heavy atom. The summed E-state index contributed by atoms with van der Waals surface area (Å²) >= 11 is 7.99. The van der Waals surface area contributed by atoms with Crippen LogP contribution in [-0.4, -0.2) is 37.0 Å². The molecule has 4 rings (SSSR count). The highest BCUT2D eigenvalue weighted by Crippen LogP contribution is 2.32. The van der Waals surface area contributed by atoms with Crippen molar-refractivity contribution in [3.8, 4) is 11.3 Å². The zero-order valence-electron chi connectivity index (χ0n) is 13.5. The van der Waals surface area contributed by atoms with E-state index in [2.05, 4.69) is 4.90 Å². The molecule has 1 amide bonds. The molecular weight excluding hydrogens is 356 g/mol. The quantitative estimate of drug-likeness (QED) is 0.672. The lowest BCUT2D eigenvalue weighted by atomic mass is 10.1. The third-order valence-electron chi connectivity index (χ3n) is 4.39. The van der Waals surface area contributed by atoms with Gasteiger partial charge in [-0.3, -0.25) is 4.79 Å². The number of halogens is 1. The molecule has 1 saturated heterocycles. The molecule has 128 valence electrons. The molecule has 6 heteroatoms. The number of nitrogens with zero attached hydrogens (tertiary/aromatic N) is 2. The largest absolute Gasteiger partial charge is 0.464 e. The molecule has 0 atom stereocenters. The molecule has 0 bridgehead atoms. The van der Waals surface area contributed by atoms with Crippen molar-refractivity contribution in [1.29, 1.82) is 0 Å². The average Bonchev–Trinajstić information content (AvgIpc) is 3.35. The minimum atomic E-state index is 0.119. The van der Waals surface area contributed by atoms with E-state index in [0.717, 1.165) is 35.0 Å². The Bertz CT molecular complexity index is 854. The van der Waals surface area contributed by atoms with E-state index in [1.807, 2.05) is 52.7 Å². The van der Waals surface area contributed by atoms with Gasteiger partial charge in [0.05, 0.1) is 21.9 Å². The fourth-order valence-corrected chi connectivity index (χ4v) is 4.06. The molecule has 0 aliphatic carbocycles. The van der Waals surface area contributed by atoms with Crippen molar-refractivity contribution in [3.63, 3.8) is 0 Å². The molecule has 25 heavy (non-hydrogen) atoms. The van der Waals surface area contributed by atoms with Crippen LogP contribution >= 0.6 is 22.9 Å². The van der Waals surface area contributed by atoms with Gasteiger partial charge < -0.3 is 14.2 Å². The summed E-state index contributed by atoms with van der Waals surface area (Å²) in [5.74, 6) is 0.925. The SMILES string of the molecule is O=C(c1cccs1)N1CCN(c2ccc(-c3ccco3)cc2Cl)CC1. The maximum Gasteiger partial charge on any atom is 0.264 e. The lowest BCUT2D eigenvalue weighted by molar-refractivity contribution is 0.0751. The van der Waals surface area contributed by atoms with Crippen molar-refractivity contribution in [2.24, 2.45) is 0 Å². The summed E-state index contributed by atoms with van der Waals surface area (Å²) in [5.41, 5.74) is 1.96. The number of amides is 1. The fourth-order valence-electron chi connectivity index (χ4n) is 3.07. The standard InChI is InChI=1S/C19H17ClN2O2S/c20-15-13-14(17-3-1-11-24-17)5-6-16(15)21-7-9-22(10-8-21)19(23)18-4-2-12-25-18/h1-6,11-13H,7-10H2. The summed E-state index contributed by atoms with van der Waals surface area (Å²) in [6, 6.07) is 13.5. The van der Waals surface area contributed by atoms with Crippen molar-refractivity contribution in [2.45, 2.75) is 0 Å². The third kappa shape index (κ3) is 3.30. The Hall–Kier alpha value is -2.24. The predicted octanol–water partition coefficient (Wildman–Crippen LogP) is 4.62. The smallest absolute Gasteiger partial charge is 0.264 e. The second kappa shape index (κ2) is 6.94. The number of furan rings is 1. The number of piperazine rings is 1. The lowest BCUT2D eigenvalue weighted by Crippen LogP contribution is -2.48. The molecule has 0 unspecified atom stereocenters. The number of anilines is 1. The molecule has 0 N–H and O–H groups in total. The van der Waals surface area contributed by atoms with Crippen LogP contribution in [0.2, 0.25) is 5.02 Å². The Labute approximate surface area is 155 Å². The third-order valence-corrected chi connectivity index (χ3v) is 5.55. The van der Waals surface area contributed by atoms with Crippen molar-refractivity contribution >= 4 is 34.5 Å². The van der Waals surface area contributed by atoms with Gasteiger partial charge >= 0.3 is 0 Å². The van der Waals surface area contributed by atoms with Crippen molar-refractivity contribution in [3.05, 3.63) is 64.0 Å². The zero-order chi connectivity index (χ0) is 17.2. The van der Waals surface area contributed by atoms with E-state index in [0.29, 0.717) is 18.1 Å². The highest BCUT2D eigenvalue weighted by Gasteiger charge is 2.24. The van der Waals surface area contributed by atoms with Crippen LogP contribution < -0.4 is 4.90 Å². The summed E-state index contributed by atoms with van der Waals surface area (Å²) < 4.78 is 5.42. The molecule has 3 aromatic rings. The number of rotatable bonds is 3. The number of hydrogen-bond donors (Lipinski definition) is 0. The molecular formula is C19H17ClN2O2S. The van der Waals surface area contributed by atoms with Crippen LogP contribution in [-0.2, 0) is 0 Å². The fraction of sp³-hybridized carbons (Fsp3) is 0.211. The van der Waals surface area contributed by atoms with Gasteiger partial charge in [0.15, 0.2) is 0 Å². The van der Waals surface area contributed by atoms with Gasteiger partial charge in [0, 0.05) is 31.7 Å². The van der Waals surface area contributed by atoms with E-state index in [-0.39, 0.29) is 5.91 Å². The first-order valence-corrected chi connectivity index (χ1v) is 9.39. The minimum Gasteiger partial charge on any atom is -0.464 e. The van der Waals surface area contributed by atoms with E-state index in [9.17, 15) is 4.79 Å². The van der Waals surface area contributed by atoms with Crippen LogP contribution in [0.3, 0.4) is 0 Å². The molecule has 0 saturated carbocycles. The lowest BCUT2D eigenvalue weighted by Gasteiger charge is -2.36. The number of hydrogen-bond acceptors (Lipinski definition) is 4. The normalized spacial score (nSPS) is 14.8. The molecule has 4 nitrogen and oxygen atoms in total. The first-order valence-electron chi connectivity index (χ1n) is 8.13. The van der Waals surface area contributed by atoms with Crippen molar-refractivity contribution in [1.82, 2.24) is 4.90 Å². The Morgan fingerprint density at radius 2 is 1.92 bits per heavy atom. The van der Waals surface area contributed by atoms with Gasteiger partial charge in [-0.25, -0.2) is 0 Å². The van der Waals surface area contributed by atoms with E-state index < -0.39 is 0 Å². The van der Waals surface area contributed by atoms with Gasteiger partial charge in [0.1, 0.15) is 5.76 Å². The summed E-state index contributed by atoms with van der Waals surface area (Å²) in [4.78, 5) is 17.4. The van der Waals surface area contributed by atoms with Crippen LogP contribution in [0.15, 0.2) is 58.5 Å². The number of benzene rings is 1. The van der Waals surface area contributed by atoms with Crippen LogP contribution in [0.5, 0.6) is 0 Å². The van der Waals surface area contributed by atoms with Gasteiger partial charge in [-0.05, 0) is 41.8 Å². The Morgan fingerprint density at radius 3 is 2.56 bits per heavy atom. The second-order valence-electron chi connectivity index (χ2n) is 5.90. The van der Waals surface area contributed by atoms with Crippen LogP contribution in [0.4, 0.5) is 5.69 Å². The van der Waals surface area contributed by atoms with Crippen molar-refractivity contribution < 1.29 is 9.21 Å². The van der Waals surface area contributed by atoms with Crippen LogP contribution in [0, 0.1) is 0 Å². The number of carbonyl (C=O) groups excluding carboxylic acids is 1. The highest BCUT2D eigenvalue weighted by molar-refractivity contribution is 7.12. The first kappa shape index (κ1) is 16.2. The zero-order valence-corrected chi connectivity index (χ0v) is 15.1. The molecule has 1 aliphatic heterocycles. The van der Waals surface area contributed by atoms with Crippen LogP contribution in [0.1, 0.15) is 9.67 Å². The molecule has 3 heterocycles. The molecule has 0 spiro atoms. The molecule has 0 radical (unpaired) electrons. The maximum atomic E-state index is 12.4. The summed E-state index contributed by atoms with van der Waals surface area (Å²) in [6.45, 7) is 2.95. The van der Waals surface area contributed by atoms with Gasteiger partial charge in [0.25, 0.3) is 5.91 Å². The molecule has 1 aromatic carbocycles.